The maximum absolute atomic E-state index is 13.1. The highest BCUT2D eigenvalue weighted by Crippen LogP contribution is 2.44. The van der Waals surface area contributed by atoms with Gasteiger partial charge in [-0.3, -0.25) is 4.79 Å². The van der Waals surface area contributed by atoms with E-state index in [-0.39, 0.29) is 38.6 Å². The number of nitrogens with one attached hydrogen (secondary N) is 1. The van der Waals surface area contributed by atoms with Crippen LogP contribution in [-0.2, 0) is 19.1 Å². The summed E-state index contributed by atoms with van der Waals surface area (Å²) in [7, 11) is 1.42. The van der Waals surface area contributed by atoms with Crippen LogP contribution in [0.25, 0.3) is 11.1 Å². The minimum atomic E-state index is -1.46. The van der Waals surface area contributed by atoms with Crippen LogP contribution in [0.3, 0.4) is 0 Å². The molecule has 1 aliphatic heterocycles. The van der Waals surface area contributed by atoms with Crippen molar-refractivity contribution in [3.63, 3.8) is 0 Å². The topological polar surface area (TPSA) is 105 Å². The Kier molecular flexibility index (Phi) is 6.70. The number of fused-ring (bicyclic) bond motifs is 3. The van der Waals surface area contributed by atoms with Crippen LogP contribution < -0.4 is 5.32 Å². The van der Waals surface area contributed by atoms with Crippen LogP contribution in [0.15, 0.2) is 61.2 Å². The van der Waals surface area contributed by atoms with Gasteiger partial charge in [0.2, 0.25) is 5.91 Å². The summed E-state index contributed by atoms with van der Waals surface area (Å²) >= 11 is 0. The Hall–Kier alpha value is -3.65. The number of alkyl carbamates (subject to hydrolysis) is 1. The van der Waals surface area contributed by atoms with Gasteiger partial charge in [-0.1, -0.05) is 54.6 Å². The molecule has 4 rings (SSSR count). The molecule has 0 radical (unpaired) electrons. The molecule has 0 aromatic heterocycles. The van der Waals surface area contributed by atoms with Gasteiger partial charge in [0.1, 0.15) is 12.6 Å². The SMILES string of the molecule is C=CCC(NC(=O)OCC1c2ccccc2-c2ccccc21)C(=O)N(C)C1(C(=O)O)CCOC1. The number of hydrogen-bond acceptors (Lipinski definition) is 5. The van der Waals surface area contributed by atoms with Crippen LogP contribution in [-0.4, -0.2) is 66.4 Å². The summed E-state index contributed by atoms with van der Waals surface area (Å²) < 4.78 is 10.8. The van der Waals surface area contributed by atoms with E-state index in [2.05, 4.69) is 11.9 Å². The van der Waals surface area contributed by atoms with Crippen molar-refractivity contribution in [2.24, 2.45) is 0 Å². The normalized spacial score (nSPS) is 19.6. The lowest BCUT2D eigenvalue weighted by molar-refractivity contribution is -0.158. The largest absolute Gasteiger partial charge is 0.479 e. The number of benzene rings is 2. The van der Waals surface area contributed by atoms with Gasteiger partial charge in [-0.2, -0.15) is 0 Å². The minimum Gasteiger partial charge on any atom is -0.479 e. The Labute approximate surface area is 198 Å². The number of carbonyl (C=O) groups is 3. The van der Waals surface area contributed by atoms with Crippen LogP contribution in [0.4, 0.5) is 4.79 Å². The van der Waals surface area contributed by atoms with Crippen molar-refractivity contribution in [1.29, 1.82) is 0 Å². The summed E-state index contributed by atoms with van der Waals surface area (Å²) in [6, 6.07) is 15.0. The zero-order chi connectivity index (χ0) is 24.3. The molecule has 8 heteroatoms. The average molecular weight is 465 g/mol. The molecular formula is C26H28N2O6. The summed E-state index contributed by atoms with van der Waals surface area (Å²) in [5.41, 5.74) is 2.94. The molecule has 178 valence electrons. The summed E-state index contributed by atoms with van der Waals surface area (Å²) in [6.45, 7) is 3.91. The predicted octanol–water partition coefficient (Wildman–Crippen LogP) is 3.17. The molecule has 0 spiro atoms. The van der Waals surface area contributed by atoms with Gasteiger partial charge in [-0.15, -0.1) is 6.58 Å². The number of hydrogen-bond donors (Lipinski definition) is 2. The van der Waals surface area contributed by atoms with Crippen LogP contribution in [0, 0.1) is 0 Å². The van der Waals surface area contributed by atoms with Gasteiger partial charge in [0, 0.05) is 26.0 Å². The number of aliphatic carboxylic acids is 1. The molecule has 2 atom stereocenters. The van der Waals surface area contributed by atoms with Crippen LogP contribution >= 0.6 is 0 Å². The van der Waals surface area contributed by atoms with Gasteiger partial charge in [-0.25, -0.2) is 9.59 Å². The number of amides is 2. The lowest BCUT2D eigenvalue weighted by Crippen LogP contribution is -2.60. The number of nitrogens with zero attached hydrogens (tertiary/aromatic N) is 1. The highest BCUT2D eigenvalue weighted by atomic mass is 16.5. The van der Waals surface area contributed by atoms with E-state index < -0.39 is 29.6 Å². The molecule has 34 heavy (non-hydrogen) atoms. The lowest BCUT2D eigenvalue weighted by atomic mass is 9.95. The van der Waals surface area contributed by atoms with Crippen molar-refractivity contribution in [3.8, 4) is 11.1 Å². The Morgan fingerprint density at radius 3 is 2.35 bits per heavy atom. The minimum absolute atomic E-state index is 0.101. The van der Waals surface area contributed by atoms with Gasteiger partial charge < -0.3 is 24.8 Å². The molecule has 1 saturated heterocycles. The molecule has 2 aliphatic rings. The molecule has 2 aromatic rings. The average Bonchev–Trinajstić information content (AvgIpc) is 3.46. The van der Waals surface area contributed by atoms with Gasteiger partial charge in [0.05, 0.1) is 6.61 Å². The Bertz CT molecular complexity index is 1060. The molecule has 0 saturated carbocycles. The molecule has 8 nitrogen and oxygen atoms in total. The fraction of sp³-hybridized carbons (Fsp3) is 0.346. The van der Waals surface area contributed by atoms with Gasteiger partial charge in [0.15, 0.2) is 5.54 Å². The van der Waals surface area contributed by atoms with E-state index in [0.29, 0.717) is 0 Å². The van der Waals surface area contributed by atoms with Gasteiger partial charge in [0.25, 0.3) is 0 Å². The van der Waals surface area contributed by atoms with E-state index in [0.717, 1.165) is 27.2 Å². The third kappa shape index (κ3) is 4.17. The monoisotopic (exact) mass is 464 g/mol. The maximum Gasteiger partial charge on any atom is 0.407 e. The molecular weight excluding hydrogens is 436 g/mol. The lowest BCUT2D eigenvalue weighted by Gasteiger charge is -2.35. The van der Waals surface area contributed by atoms with E-state index in [9.17, 15) is 19.5 Å². The van der Waals surface area contributed by atoms with Crippen molar-refractivity contribution < 1.29 is 29.0 Å². The highest BCUT2D eigenvalue weighted by molar-refractivity contribution is 5.91. The Morgan fingerprint density at radius 2 is 1.82 bits per heavy atom. The van der Waals surface area contributed by atoms with E-state index in [1.165, 1.54) is 13.1 Å². The Morgan fingerprint density at radius 1 is 1.21 bits per heavy atom. The van der Waals surface area contributed by atoms with Gasteiger partial charge in [-0.05, 0) is 28.7 Å². The summed E-state index contributed by atoms with van der Waals surface area (Å²) in [4.78, 5) is 38.9. The first-order valence-electron chi connectivity index (χ1n) is 11.2. The number of carboxylic acid groups (broad SMARTS) is 1. The van der Waals surface area contributed by atoms with Crippen LogP contribution in [0.5, 0.6) is 0 Å². The molecule has 1 aliphatic carbocycles. The van der Waals surface area contributed by atoms with E-state index in [4.69, 9.17) is 9.47 Å². The number of rotatable bonds is 8. The quantitative estimate of drug-likeness (QED) is 0.582. The van der Waals surface area contributed by atoms with Crippen molar-refractivity contribution >= 4 is 18.0 Å². The second kappa shape index (κ2) is 9.69. The number of likely N-dealkylation sites (N-methyl/N-ethyl adjacent to an activating group) is 1. The van der Waals surface area contributed by atoms with Crippen molar-refractivity contribution in [1.82, 2.24) is 10.2 Å². The smallest absolute Gasteiger partial charge is 0.407 e. The molecule has 2 N–H and O–H groups in total. The first kappa shape index (κ1) is 23.5. The summed E-state index contributed by atoms with van der Waals surface area (Å²) in [5.74, 6) is -1.79. The number of carbonyl (C=O) groups excluding carboxylic acids is 2. The molecule has 2 amide bonds. The zero-order valence-electron chi connectivity index (χ0n) is 19.0. The van der Waals surface area contributed by atoms with Crippen LogP contribution in [0.1, 0.15) is 29.9 Å². The number of ether oxygens (including phenoxy) is 2. The molecule has 2 unspecified atom stereocenters. The standard InChI is InChI=1S/C26H28N2O6/c1-3-8-22(23(29)28(2)26(24(30)31)13-14-33-16-26)27-25(32)34-15-21-19-11-6-4-9-17(19)18-10-5-7-12-20(18)21/h3-7,9-12,21-22H,1,8,13-16H2,2H3,(H,27,32)(H,30,31). The third-order valence-corrected chi connectivity index (χ3v) is 6.71. The van der Waals surface area contributed by atoms with E-state index in [1.54, 1.807) is 0 Å². The second-order valence-electron chi connectivity index (χ2n) is 8.58. The molecule has 1 heterocycles. The summed E-state index contributed by atoms with van der Waals surface area (Å²) in [5, 5.41) is 12.3. The van der Waals surface area contributed by atoms with E-state index in [1.807, 2.05) is 48.5 Å². The van der Waals surface area contributed by atoms with Crippen LogP contribution in [0.2, 0.25) is 0 Å². The first-order chi connectivity index (χ1) is 16.4. The van der Waals surface area contributed by atoms with Crippen molar-refractivity contribution in [2.75, 3.05) is 26.9 Å². The fourth-order valence-electron chi connectivity index (χ4n) is 4.75. The van der Waals surface area contributed by atoms with E-state index >= 15 is 0 Å². The third-order valence-electron chi connectivity index (χ3n) is 6.71. The maximum atomic E-state index is 13.1. The van der Waals surface area contributed by atoms with Gasteiger partial charge >= 0.3 is 12.1 Å². The first-order valence-corrected chi connectivity index (χ1v) is 11.2. The Balaban J connectivity index is 1.44. The molecule has 1 fully saturated rings. The fourth-order valence-corrected chi connectivity index (χ4v) is 4.75. The zero-order valence-corrected chi connectivity index (χ0v) is 19.0. The van der Waals surface area contributed by atoms with Crippen molar-refractivity contribution in [3.05, 3.63) is 72.3 Å². The molecule has 2 aromatic carbocycles. The summed E-state index contributed by atoms with van der Waals surface area (Å²) in [6.07, 6.45) is 1.06. The highest BCUT2D eigenvalue weighted by Gasteiger charge is 2.49. The predicted molar refractivity (Wildman–Crippen MR) is 125 cm³/mol. The second-order valence-corrected chi connectivity index (χ2v) is 8.58. The van der Waals surface area contributed by atoms with Crippen molar-refractivity contribution in [2.45, 2.75) is 30.3 Å². The molecule has 0 bridgehead atoms. The number of carboxylic acids is 1.